The fourth-order valence-electron chi connectivity index (χ4n) is 1.86. The lowest BCUT2D eigenvalue weighted by Crippen LogP contribution is -2.31. The third-order valence-electron chi connectivity index (χ3n) is 2.79. The highest BCUT2D eigenvalue weighted by atomic mass is 32.2. The van der Waals surface area contributed by atoms with Gasteiger partial charge in [0.05, 0.1) is 12.7 Å². The summed E-state index contributed by atoms with van der Waals surface area (Å²) in [5.74, 6) is -1.13. The predicted octanol–water partition coefficient (Wildman–Crippen LogP) is 2.81. The molecule has 0 aliphatic carbocycles. The van der Waals surface area contributed by atoms with Gasteiger partial charge in [-0.1, -0.05) is 12.1 Å². The van der Waals surface area contributed by atoms with E-state index in [0.717, 1.165) is 12.1 Å². The first-order chi connectivity index (χ1) is 11.5. The Labute approximate surface area is 144 Å². The molecule has 0 heterocycles. The summed E-state index contributed by atoms with van der Waals surface area (Å²) in [7, 11) is -5.76. The predicted molar refractivity (Wildman–Crippen MR) is 82.4 cm³/mol. The summed E-state index contributed by atoms with van der Waals surface area (Å²) >= 11 is 0. The van der Waals surface area contributed by atoms with Crippen LogP contribution in [0.3, 0.4) is 0 Å². The van der Waals surface area contributed by atoms with Gasteiger partial charge in [0.15, 0.2) is 6.10 Å². The molecule has 1 rings (SSSR count). The number of rotatable bonds is 8. The molecule has 0 aromatic heterocycles. The topological polar surface area (TPSA) is 78.9 Å². The lowest BCUT2D eigenvalue weighted by molar-refractivity contribution is -0.159. The summed E-state index contributed by atoms with van der Waals surface area (Å²) in [6.07, 6.45) is -1.28. The highest BCUT2D eigenvalue weighted by Crippen LogP contribution is 2.27. The van der Waals surface area contributed by atoms with Gasteiger partial charge in [-0.05, 0) is 38.5 Å². The Hall–Kier alpha value is -1.81. The van der Waals surface area contributed by atoms with Crippen LogP contribution < -0.4 is 4.18 Å². The molecule has 1 atom stereocenters. The number of alkyl halides is 3. The Balaban J connectivity index is 2.97. The molecule has 1 unspecified atom stereocenters. The molecule has 142 valence electrons. The van der Waals surface area contributed by atoms with Crippen molar-refractivity contribution in [1.29, 1.82) is 0 Å². The van der Waals surface area contributed by atoms with Crippen molar-refractivity contribution >= 4 is 16.1 Å². The van der Waals surface area contributed by atoms with Crippen LogP contribution in [-0.4, -0.2) is 38.7 Å². The van der Waals surface area contributed by atoms with Gasteiger partial charge in [0.25, 0.3) is 0 Å². The molecule has 25 heavy (non-hydrogen) atoms. The number of benzene rings is 1. The van der Waals surface area contributed by atoms with E-state index in [9.17, 15) is 26.4 Å². The summed E-state index contributed by atoms with van der Waals surface area (Å²) in [6, 6.07) is 4.98. The Kier molecular flexibility index (Phi) is 7.24. The number of carbonyl (C=O) groups is 1. The summed E-state index contributed by atoms with van der Waals surface area (Å²) in [6.45, 7) is 5.19. The number of hydrogen-bond donors (Lipinski definition) is 0. The molecule has 0 spiro atoms. The summed E-state index contributed by atoms with van der Waals surface area (Å²) in [5.41, 5.74) is -5.18. The van der Waals surface area contributed by atoms with E-state index < -0.39 is 33.4 Å². The van der Waals surface area contributed by atoms with Crippen LogP contribution in [0.4, 0.5) is 13.2 Å². The van der Waals surface area contributed by atoms with Crippen LogP contribution in [0.25, 0.3) is 0 Å². The van der Waals surface area contributed by atoms with E-state index in [-0.39, 0.29) is 19.1 Å². The third kappa shape index (κ3) is 6.54. The van der Waals surface area contributed by atoms with E-state index in [2.05, 4.69) is 4.18 Å². The molecule has 1 aromatic rings. The zero-order chi connectivity index (χ0) is 19.3. The Morgan fingerprint density at radius 1 is 1.24 bits per heavy atom. The van der Waals surface area contributed by atoms with Crippen LogP contribution in [0, 0.1) is 0 Å². The monoisotopic (exact) mass is 384 g/mol. The summed E-state index contributed by atoms with van der Waals surface area (Å²) in [5, 5.41) is 0. The summed E-state index contributed by atoms with van der Waals surface area (Å²) < 4.78 is 73.6. The minimum absolute atomic E-state index is 0.0136. The van der Waals surface area contributed by atoms with Gasteiger partial charge >= 0.3 is 21.6 Å². The van der Waals surface area contributed by atoms with Gasteiger partial charge in [0.2, 0.25) is 0 Å². The van der Waals surface area contributed by atoms with Gasteiger partial charge in [0, 0.05) is 6.42 Å². The average molecular weight is 384 g/mol. The van der Waals surface area contributed by atoms with Gasteiger partial charge in [-0.2, -0.15) is 21.6 Å². The van der Waals surface area contributed by atoms with E-state index >= 15 is 0 Å². The van der Waals surface area contributed by atoms with Crippen LogP contribution in [0.5, 0.6) is 5.75 Å². The molecule has 0 amide bonds. The van der Waals surface area contributed by atoms with Crippen LogP contribution >= 0.6 is 0 Å². The molecule has 0 saturated carbocycles. The maximum atomic E-state index is 12.4. The molecule has 0 aliphatic rings. The van der Waals surface area contributed by atoms with Crippen molar-refractivity contribution in [2.24, 2.45) is 0 Å². The fourth-order valence-corrected chi connectivity index (χ4v) is 2.31. The fraction of sp³-hybridized carbons (Fsp3) is 0.533. The van der Waals surface area contributed by atoms with Gasteiger partial charge in [-0.25, -0.2) is 4.79 Å². The molecule has 1 aromatic carbocycles. The first-order valence-electron chi connectivity index (χ1n) is 7.38. The summed E-state index contributed by atoms with van der Waals surface area (Å²) in [4.78, 5) is 11.9. The van der Waals surface area contributed by atoms with E-state index in [4.69, 9.17) is 9.47 Å². The Morgan fingerprint density at radius 2 is 1.88 bits per heavy atom. The van der Waals surface area contributed by atoms with Gasteiger partial charge < -0.3 is 13.7 Å². The van der Waals surface area contributed by atoms with Crippen molar-refractivity contribution in [2.45, 2.75) is 44.9 Å². The highest BCUT2D eigenvalue weighted by Gasteiger charge is 2.48. The maximum absolute atomic E-state index is 12.4. The number of ether oxygens (including phenoxy) is 2. The molecule has 10 heteroatoms. The van der Waals surface area contributed by atoms with Crippen molar-refractivity contribution in [1.82, 2.24) is 0 Å². The maximum Gasteiger partial charge on any atom is 0.534 e. The molecular formula is C15H19F3O6S. The second-order valence-corrected chi connectivity index (χ2v) is 6.80. The molecule has 0 saturated heterocycles. The zero-order valence-electron chi connectivity index (χ0n) is 13.9. The number of halogens is 3. The largest absolute Gasteiger partial charge is 0.534 e. The zero-order valence-corrected chi connectivity index (χ0v) is 14.7. The van der Waals surface area contributed by atoms with Crippen molar-refractivity contribution in [2.75, 3.05) is 6.61 Å². The lowest BCUT2D eigenvalue weighted by Gasteiger charge is -2.19. The average Bonchev–Trinajstić information content (AvgIpc) is 2.45. The van der Waals surface area contributed by atoms with Gasteiger partial charge in [0.1, 0.15) is 5.75 Å². The first-order valence-corrected chi connectivity index (χ1v) is 8.79. The van der Waals surface area contributed by atoms with Crippen LogP contribution in [0.15, 0.2) is 24.3 Å². The van der Waals surface area contributed by atoms with Crippen LogP contribution in [-0.2, 0) is 30.8 Å². The minimum atomic E-state index is -5.76. The Bertz CT molecular complexity index is 685. The standard InChI is InChI=1S/C15H19F3O6S/c1-4-22-14(19)13(23-10(2)3)9-11-6-5-7-12(8-11)24-25(20,21)15(16,17)18/h5-8,10,13H,4,9H2,1-3H3. The minimum Gasteiger partial charge on any atom is -0.464 e. The third-order valence-corrected chi connectivity index (χ3v) is 3.77. The number of hydrogen-bond acceptors (Lipinski definition) is 6. The van der Waals surface area contributed by atoms with Crippen molar-refractivity contribution in [3.63, 3.8) is 0 Å². The Morgan fingerprint density at radius 3 is 2.40 bits per heavy atom. The van der Waals surface area contributed by atoms with Crippen LogP contribution in [0.2, 0.25) is 0 Å². The van der Waals surface area contributed by atoms with Gasteiger partial charge in [-0.15, -0.1) is 0 Å². The lowest BCUT2D eigenvalue weighted by atomic mass is 10.1. The highest BCUT2D eigenvalue weighted by molar-refractivity contribution is 7.88. The van der Waals surface area contributed by atoms with Gasteiger partial charge in [-0.3, -0.25) is 0 Å². The number of carbonyl (C=O) groups excluding carboxylic acids is 1. The molecule has 0 N–H and O–H groups in total. The molecule has 0 fully saturated rings. The second kappa shape index (κ2) is 8.52. The second-order valence-electron chi connectivity index (χ2n) is 5.26. The van der Waals surface area contributed by atoms with Crippen molar-refractivity contribution in [3.8, 4) is 5.75 Å². The quantitative estimate of drug-likeness (QED) is 0.390. The molecule has 0 bridgehead atoms. The first kappa shape index (κ1) is 21.2. The molecular weight excluding hydrogens is 365 g/mol. The van der Waals surface area contributed by atoms with E-state index in [1.165, 1.54) is 12.1 Å². The van der Waals surface area contributed by atoms with E-state index in [1.807, 2.05) is 0 Å². The SMILES string of the molecule is CCOC(=O)C(Cc1cccc(OS(=O)(=O)C(F)(F)F)c1)OC(C)C. The van der Waals surface area contributed by atoms with Crippen LogP contribution in [0.1, 0.15) is 26.3 Å². The molecule has 6 nitrogen and oxygen atoms in total. The van der Waals surface area contributed by atoms with Crippen molar-refractivity contribution < 1.29 is 40.0 Å². The smallest absolute Gasteiger partial charge is 0.464 e. The van der Waals surface area contributed by atoms with E-state index in [1.54, 1.807) is 20.8 Å². The van der Waals surface area contributed by atoms with Crippen molar-refractivity contribution in [3.05, 3.63) is 29.8 Å². The van der Waals surface area contributed by atoms with E-state index in [0.29, 0.717) is 5.56 Å². The number of esters is 1. The molecule has 0 aliphatic heterocycles. The normalized spacial score (nSPS) is 13.6. The molecule has 0 radical (unpaired) electrons.